The fourth-order valence-corrected chi connectivity index (χ4v) is 6.67. The second-order valence-electron chi connectivity index (χ2n) is 7.84. The summed E-state index contributed by atoms with van der Waals surface area (Å²) in [7, 11) is -2.48. The number of methoxy groups -OCH3 is 1. The van der Waals surface area contributed by atoms with Gasteiger partial charge in [-0.25, -0.2) is 13.2 Å². The molecule has 1 aliphatic rings. The van der Waals surface area contributed by atoms with Gasteiger partial charge in [0.2, 0.25) is 10.0 Å². The van der Waals surface area contributed by atoms with Crippen molar-refractivity contribution in [2.45, 2.75) is 38.6 Å². The number of carbonyl (C=O) groups is 3. The molecule has 2 heterocycles. The van der Waals surface area contributed by atoms with Crippen molar-refractivity contribution in [3.63, 3.8) is 0 Å². The summed E-state index contributed by atoms with van der Waals surface area (Å²) < 4.78 is 31.3. The normalized spacial score (nSPS) is 13.9. The molecule has 35 heavy (non-hydrogen) atoms. The average Bonchev–Trinajstić information content (AvgIpc) is 3.21. The minimum Gasteiger partial charge on any atom is -0.453 e. The molecule has 0 atom stereocenters. The van der Waals surface area contributed by atoms with Gasteiger partial charge in [-0.05, 0) is 42.8 Å². The van der Waals surface area contributed by atoms with Crippen LogP contribution in [0.4, 0.5) is 9.80 Å². The van der Waals surface area contributed by atoms with E-state index < -0.39 is 27.9 Å². The van der Waals surface area contributed by atoms with Crippen LogP contribution in [0.3, 0.4) is 0 Å². The van der Waals surface area contributed by atoms with Crippen LogP contribution in [0.15, 0.2) is 29.2 Å². The van der Waals surface area contributed by atoms with Crippen molar-refractivity contribution in [2.75, 3.05) is 38.6 Å². The lowest BCUT2D eigenvalue weighted by Crippen LogP contribution is -2.33. The van der Waals surface area contributed by atoms with E-state index in [9.17, 15) is 22.8 Å². The Morgan fingerprint density at radius 2 is 1.74 bits per heavy atom. The lowest BCUT2D eigenvalue weighted by molar-refractivity contribution is 0.0936. The van der Waals surface area contributed by atoms with Crippen molar-refractivity contribution in [1.82, 2.24) is 14.5 Å². The zero-order valence-corrected chi connectivity index (χ0v) is 21.8. The Morgan fingerprint density at radius 1 is 1.09 bits per heavy atom. The molecule has 12 heteroatoms. The van der Waals surface area contributed by atoms with Crippen molar-refractivity contribution in [1.29, 1.82) is 0 Å². The second-order valence-corrected chi connectivity index (χ2v) is 10.9. The number of fused-ring (bicyclic) bond motifs is 1. The average molecular weight is 523 g/mol. The van der Waals surface area contributed by atoms with Crippen molar-refractivity contribution < 1.29 is 27.5 Å². The third-order valence-electron chi connectivity index (χ3n) is 5.90. The predicted molar refractivity (Wildman–Crippen MR) is 133 cm³/mol. The summed E-state index contributed by atoms with van der Waals surface area (Å²) in [6, 6.07) is 5.66. The number of nitrogens with zero attached hydrogens (tertiary/aromatic N) is 2. The number of carbonyl (C=O) groups excluding carboxylic acids is 3. The minimum atomic E-state index is -3.64. The lowest BCUT2D eigenvalue weighted by Gasteiger charge is -2.25. The molecule has 2 N–H and O–H groups in total. The third-order valence-corrected chi connectivity index (χ3v) is 9.09. The van der Waals surface area contributed by atoms with Gasteiger partial charge in [0.05, 0.1) is 17.6 Å². The molecule has 190 valence electrons. The summed E-state index contributed by atoms with van der Waals surface area (Å²) in [6.45, 7) is 8.51. The molecular formula is C23H30N4O6S2. The Morgan fingerprint density at radius 3 is 2.31 bits per heavy atom. The molecule has 0 radical (unpaired) electrons. The van der Waals surface area contributed by atoms with Gasteiger partial charge in [-0.1, -0.05) is 20.8 Å². The first-order chi connectivity index (χ1) is 16.7. The molecule has 3 amide bonds. The summed E-state index contributed by atoms with van der Waals surface area (Å²) in [5.74, 6) is -1.13. The van der Waals surface area contributed by atoms with Gasteiger partial charge in [0.15, 0.2) is 0 Å². The van der Waals surface area contributed by atoms with Gasteiger partial charge in [-0.3, -0.25) is 19.8 Å². The van der Waals surface area contributed by atoms with Crippen LogP contribution in [0, 0.1) is 0 Å². The third kappa shape index (κ3) is 5.72. The monoisotopic (exact) mass is 522 g/mol. The van der Waals surface area contributed by atoms with Crippen molar-refractivity contribution in [2.24, 2.45) is 0 Å². The van der Waals surface area contributed by atoms with E-state index in [4.69, 9.17) is 0 Å². The van der Waals surface area contributed by atoms with Crippen molar-refractivity contribution in [3.05, 3.63) is 45.8 Å². The second kappa shape index (κ2) is 11.3. The number of hydrogen-bond donors (Lipinski definition) is 2. The summed E-state index contributed by atoms with van der Waals surface area (Å²) in [4.78, 5) is 40.8. The number of nitrogens with one attached hydrogen (secondary N) is 2. The highest BCUT2D eigenvalue weighted by Gasteiger charge is 2.29. The van der Waals surface area contributed by atoms with Gasteiger partial charge in [0, 0.05) is 36.6 Å². The fraction of sp³-hybridized carbons (Fsp3) is 0.435. The van der Waals surface area contributed by atoms with Gasteiger partial charge in [0.1, 0.15) is 5.00 Å². The number of likely N-dealkylation sites (N-methyl/N-ethyl adjacent to an activating group) is 1. The maximum atomic E-state index is 13.0. The number of imide groups is 1. The first kappa shape index (κ1) is 26.8. The van der Waals surface area contributed by atoms with Crippen molar-refractivity contribution >= 4 is 44.3 Å². The Kier molecular flexibility index (Phi) is 8.65. The van der Waals surface area contributed by atoms with E-state index in [0.29, 0.717) is 31.1 Å². The fourth-order valence-electron chi connectivity index (χ4n) is 3.93. The predicted octanol–water partition coefficient (Wildman–Crippen LogP) is 2.91. The number of rotatable bonds is 8. The number of hydrogen-bond acceptors (Lipinski definition) is 8. The number of thiophene rings is 1. The molecule has 0 unspecified atom stereocenters. The Labute approximate surface area is 209 Å². The highest BCUT2D eigenvalue weighted by molar-refractivity contribution is 7.89. The number of amides is 3. The summed E-state index contributed by atoms with van der Waals surface area (Å²) in [5.41, 5.74) is 1.29. The molecule has 10 nitrogen and oxygen atoms in total. The standard InChI is InChI=1S/C23H30N4O6S2/c1-5-26-13-12-17-18(14-26)34-22(19(17)21(29)25-23(30)33-4)24-20(28)15-8-10-16(11-9-15)35(31,32)27(6-2)7-3/h8-11H,5-7,12-14H2,1-4H3,(H,24,28)(H,25,29,30). The smallest absolute Gasteiger partial charge is 0.413 e. The first-order valence-corrected chi connectivity index (χ1v) is 13.6. The van der Waals surface area contributed by atoms with E-state index in [1.807, 2.05) is 0 Å². The van der Waals surface area contributed by atoms with Gasteiger partial charge in [0.25, 0.3) is 11.8 Å². The Hall–Kier alpha value is -2.80. The molecule has 0 spiro atoms. The molecule has 2 aromatic rings. The number of anilines is 1. The molecule has 1 aromatic heterocycles. The summed E-state index contributed by atoms with van der Waals surface area (Å²) in [6.07, 6.45) is -0.277. The van der Waals surface area contributed by atoms with Crippen LogP contribution in [0.25, 0.3) is 0 Å². The van der Waals surface area contributed by atoms with Crippen LogP contribution in [-0.2, 0) is 27.7 Å². The lowest BCUT2D eigenvalue weighted by atomic mass is 10.0. The van der Waals surface area contributed by atoms with Gasteiger partial charge in [-0.2, -0.15) is 4.31 Å². The molecular weight excluding hydrogens is 492 g/mol. The van der Waals surface area contributed by atoms with Gasteiger partial charge >= 0.3 is 6.09 Å². The van der Waals surface area contributed by atoms with Crippen LogP contribution in [0.5, 0.6) is 0 Å². The number of alkyl carbamates (subject to hydrolysis) is 1. The first-order valence-electron chi connectivity index (χ1n) is 11.3. The zero-order chi connectivity index (χ0) is 25.8. The maximum absolute atomic E-state index is 13.0. The van der Waals surface area contributed by atoms with E-state index in [1.165, 1.54) is 39.9 Å². The molecule has 0 bridgehead atoms. The zero-order valence-electron chi connectivity index (χ0n) is 20.2. The van der Waals surface area contributed by atoms with E-state index in [2.05, 4.69) is 27.2 Å². The summed E-state index contributed by atoms with van der Waals surface area (Å²) >= 11 is 1.30. The van der Waals surface area contributed by atoms with Crippen LogP contribution in [-0.4, -0.2) is 68.8 Å². The molecule has 0 fully saturated rings. The highest BCUT2D eigenvalue weighted by atomic mass is 32.2. The number of benzene rings is 1. The van der Waals surface area contributed by atoms with Crippen LogP contribution in [0.2, 0.25) is 0 Å². The van der Waals surface area contributed by atoms with E-state index >= 15 is 0 Å². The van der Waals surface area contributed by atoms with Gasteiger partial charge in [-0.15, -0.1) is 11.3 Å². The van der Waals surface area contributed by atoms with E-state index in [1.54, 1.807) is 13.8 Å². The molecule has 1 aliphatic heterocycles. The highest BCUT2D eigenvalue weighted by Crippen LogP contribution is 2.37. The van der Waals surface area contributed by atoms with Crippen molar-refractivity contribution in [3.8, 4) is 0 Å². The van der Waals surface area contributed by atoms with E-state index in [-0.39, 0.29) is 16.0 Å². The van der Waals surface area contributed by atoms with Crippen LogP contribution in [0.1, 0.15) is 51.9 Å². The quantitative estimate of drug-likeness (QED) is 0.546. The topological polar surface area (TPSA) is 125 Å². The minimum absolute atomic E-state index is 0.0992. The largest absolute Gasteiger partial charge is 0.453 e. The maximum Gasteiger partial charge on any atom is 0.413 e. The van der Waals surface area contributed by atoms with Gasteiger partial charge < -0.3 is 10.1 Å². The molecule has 0 saturated carbocycles. The Balaban J connectivity index is 1.89. The molecule has 1 aromatic carbocycles. The SMILES string of the molecule is CCN1CCc2c(sc(NC(=O)c3ccc(S(=O)(=O)N(CC)CC)cc3)c2C(=O)NC(=O)OC)C1. The molecule has 0 aliphatic carbocycles. The molecule has 3 rings (SSSR count). The van der Waals surface area contributed by atoms with Crippen LogP contribution < -0.4 is 10.6 Å². The number of ether oxygens (including phenoxy) is 1. The van der Waals surface area contributed by atoms with Crippen LogP contribution >= 0.6 is 11.3 Å². The summed E-state index contributed by atoms with van der Waals surface area (Å²) in [5, 5.41) is 5.29. The molecule has 0 saturated heterocycles. The number of sulfonamides is 1. The van der Waals surface area contributed by atoms with E-state index in [0.717, 1.165) is 30.6 Å². The Bertz CT molecular complexity index is 1200.